The lowest BCUT2D eigenvalue weighted by Crippen LogP contribution is -2.42. The first kappa shape index (κ1) is 47.9. The Morgan fingerprint density at radius 3 is 2.36 bits per heavy atom. The van der Waals surface area contributed by atoms with Crippen molar-refractivity contribution in [3.8, 4) is 11.5 Å². The van der Waals surface area contributed by atoms with Crippen molar-refractivity contribution in [2.24, 2.45) is 32.1 Å². The molecule has 1 atom stereocenters. The lowest BCUT2D eigenvalue weighted by Gasteiger charge is -2.34. The third kappa shape index (κ3) is 10.8. The summed E-state index contributed by atoms with van der Waals surface area (Å²) < 4.78 is 20.7. The number of methoxy groups -OCH3 is 1. The number of amides is 5. The Morgan fingerprint density at radius 1 is 0.841 bits per heavy atom. The van der Waals surface area contributed by atoms with Crippen LogP contribution < -0.4 is 34.3 Å². The van der Waals surface area contributed by atoms with Gasteiger partial charge in [0, 0.05) is 131 Å². The molecular weight excluding hydrogens is 1000 g/mol. The number of carbonyl (C=O) groups is 6. The molecule has 1 fully saturated rings. The lowest BCUT2D eigenvalue weighted by atomic mass is 9.94. The number of nitrogens with zero attached hydrogens (tertiary/aromatic N) is 7. The summed E-state index contributed by atoms with van der Waals surface area (Å²) >= 11 is 2.06. The molecule has 2 aliphatic heterocycles. The zero-order valence-electron chi connectivity index (χ0n) is 38.4. The van der Waals surface area contributed by atoms with Gasteiger partial charge < -0.3 is 49.3 Å². The van der Waals surface area contributed by atoms with Gasteiger partial charge in [-0.3, -0.25) is 41.9 Å². The molecule has 5 N–H and O–H groups in total. The predicted molar refractivity (Wildman–Crippen MR) is 268 cm³/mol. The summed E-state index contributed by atoms with van der Waals surface area (Å²) in [6.45, 7) is 6.64. The van der Waals surface area contributed by atoms with E-state index in [-0.39, 0.29) is 59.9 Å². The van der Waals surface area contributed by atoms with Crippen molar-refractivity contribution in [3.05, 3.63) is 114 Å². The molecule has 6 heterocycles. The molecule has 0 saturated carbocycles. The largest absolute Gasteiger partial charge is 0.493 e. The van der Waals surface area contributed by atoms with Gasteiger partial charge in [0.25, 0.3) is 29.5 Å². The molecule has 5 amide bonds. The number of halogens is 1. The fourth-order valence-electron chi connectivity index (χ4n) is 8.32. The van der Waals surface area contributed by atoms with Crippen LogP contribution in [-0.4, -0.2) is 110 Å². The quantitative estimate of drug-likeness (QED) is 0.0317. The second kappa shape index (κ2) is 20.8. The number of aromatic nitrogens is 5. The van der Waals surface area contributed by atoms with Gasteiger partial charge >= 0.3 is 0 Å². The molecule has 20 nitrogen and oxygen atoms in total. The van der Waals surface area contributed by atoms with Crippen molar-refractivity contribution in [1.82, 2.24) is 37.0 Å². The summed E-state index contributed by atoms with van der Waals surface area (Å²) in [5.74, 6) is -1.02. The van der Waals surface area contributed by atoms with Crippen molar-refractivity contribution < 1.29 is 38.2 Å². The van der Waals surface area contributed by atoms with E-state index >= 15 is 0 Å². The number of hydrogen-bond acceptors (Lipinski definition) is 11. The van der Waals surface area contributed by atoms with Gasteiger partial charge in [-0.2, -0.15) is 0 Å². The van der Waals surface area contributed by atoms with Crippen LogP contribution in [0.2, 0.25) is 0 Å². The predicted octanol–water partition coefficient (Wildman–Crippen LogP) is 5.84. The number of fused-ring (bicyclic) bond motifs is 4. The number of anilines is 3. The molecule has 69 heavy (non-hydrogen) atoms. The molecule has 1 saturated heterocycles. The Morgan fingerprint density at radius 2 is 1.59 bits per heavy atom. The first-order valence-corrected chi connectivity index (χ1v) is 23.2. The zero-order chi connectivity index (χ0) is 48.9. The number of piperidine rings is 1. The molecule has 2 bridgehead atoms. The Labute approximate surface area is 410 Å². The molecule has 8 rings (SSSR count). The SMILES string of the molecule is C=C1C[C@@H]2C=Nc3cc(OCCCC(=O)Nc4cn(C)c(C(=O)Nc5cc(C(=O)Nc6cc(C(=O)n7ccc8cc(C(=O)NCCCNI)ccc87)n(C)c6)n(C)c5)n4)c(OC)cc3C(=O)N(C1)C2. The molecule has 4 aromatic heterocycles. The molecular formula is C48H51IN12O8. The Bertz CT molecular complexity index is 3050. The maximum Gasteiger partial charge on any atom is 0.291 e. The first-order valence-electron chi connectivity index (χ1n) is 22.1. The van der Waals surface area contributed by atoms with Crippen LogP contribution in [0.15, 0.2) is 90.5 Å². The molecule has 0 radical (unpaired) electrons. The van der Waals surface area contributed by atoms with Gasteiger partial charge in [-0.25, -0.2) is 4.98 Å². The average molecular weight is 1050 g/mol. The van der Waals surface area contributed by atoms with E-state index in [9.17, 15) is 28.8 Å². The van der Waals surface area contributed by atoms with Crippen LogP contribution in [0.5, 0.6) is 11.5 Å². The summed E-state index contributed by atoms with van der Waals surface area (Å²) in [5, 5.41) is 11.9. The highest BCUT2D eigenvalue weighted by atomic mass is 127. The summed E-state index contributed by atoms with van der Waals surface area (Å²) in [6.07, 6.45) is 10.2. The summed E-state index contributed by atoms with van der Waals surface area (Å²) in [7, 11) is 6.46. The average Bonchev–Trinajstić information content (AvgIpc) is 4.11. The monoisotopic (exact) mass is 1050 g/mol. The minimum atomic E-state index is -0.575. The molecule has 21 heteroatoms. The van der Waals surface area contributed by atoms with Crippen molar-refractivity contribution in [2.45, 2.75) is 25.7 Å². The number of nitrogens with one attached hydrogen (secondary N) is 5. The lowest BCUT2D eigenvalue weighted by molar-refractivity contribution is -0.116. The topological polar surface area (TPSA) is 229 Å². The molecule has 2 aliphatic rings. The van der Waals surface area contributed by atoms with Crippen LogP contribution in [0.1, 0.15) is 78.0 Å². The fraction of sp³-hybridized carbons (Fsp3) is 0.292. The zero-order valence-corrected chi connectivity index (χ0v) is 40.6. The van der Waals surface area contributed by atoms with Gasteiger partial charge in [0.05, 0.1) is 41.9 Å². The number of benzene rings is 2. The fourth-order valence-corrected chi connectivity index (χ4v) is 8.70. The number of hydrogen-bond donors (Lipinski definition) is 5. The van der Waals surface area contributed by atoms with Crippen LogP contribution in [0.3, 0.4) is 0 Å². The van der Waals surface area contributed by atoms with Crippen LogP contribution in [-0.2, 0) is 25.9 Å². The van der Waals surface area contributed by atoms with Crippen molar-refractivity contribution >= 4 is 98.3 Å². The highest BCUT2D eigenvalue weighted by Crippen LogP contribution is 2.38. The molecule has 6 aromatic rings. The first-order chi connectivity index (χ1) is 33.2. The second-order valence-corrected chi connectivity index (χ2v) is 17.6. The number of aliphatic imine (C=N–C) groups is 1. The molecule has 358 valence electrons. The van der Waals surface area contributed by atoms with Crippen LogP contribution >= 0.6 is 22.9 Å². The normalized spacial score (nSPS) is 14.2. The number of imidazole rings is 1. The number of aryl methyl sites for hydroxylation is 3. The van der Waals surface area contributed by atoms with E-state index in [4.69, 9.17) is 9.47 Å². The number of rotatable bonds is 17. The van der Waals surface area contributed by atoms with Crippen molar-refractivity contribution in [1.29, 1.82) is 0 Å². The Kier molecular flexibility index (Phi) is 14.4. The highest BCUT2D eigenvalue weighted by molar-refractivity contribution is 14.1. The van der Waals surface area contributed by atoms with Crippen LogP contribution in [0.25, 0.3) is 10.9 Å². The van der Waals surface area contributed by atoms with Gasteiger partial charge in [-0.15, -0.1) is 0 Å². The number of ether oxygens (including phenoxy) is 2. The van der Waals surface area contributed by atoms with E-state index < -0.39 is 11.8 Å². The van der Waals surface area contributed by atoms with E-state index in [1.807, 2.05) is 6.21 Å². The molecule has 2 aromatic carbocycles. The maximum absolute atomic E-state index is 13.7. The Hall–Kier alpha value is -7.53. The number of carbonyl (C=O) groups excluding carboxylic acids is 6. The van der Waals surface area contributed by atoms with Gasteiger partial charge in [-0.1, -0.05) is 12.2 Å². The molecule has 0 unspecified atom stereocenters. The molecule has 0 aliphatic carbocycles. The standard InChI is InChI=1S/C48H51IN12O8/c1-28-16-29-22-51-35-21-40(39(68-5)20-34(35)47(66)60(23-28)24-29)69-15-6-8-42(62)55-41-27-59(4)43(56-41)46(65)54-32-18-37(57(2)25-32)45(64)53-33-19-38(58(3)26-33)48(67)61-14-11-30-17-31(9-10-36(30)61)44(63)50-12-7-13-52-49/h9-11,14,17-22,25-27,29,52H,1,6-8,12-13,15-16,23-24H2,2-5H3,(H,50,63)(H,53,64)(H,54,65)(H,55,62)/t29-/m1/s1. The maximum atomic E-state index is 13.7. The van der Waals surface area contributed by atoms with E-state index in [0.29, 0.717) is 77.0 Å². The minimum absolute atomic E-state index is 0.0134. The molecule has 0 spiro atoms. The minimum Gasteiger partial charge on any atom is -0.493 e. The summed E-state index contributed by atoms with van der Waals surface area (Å²) in [4.78, 5) is 90.2. The third-order valence-corrected chi connectivity index (χ3v) is 12.2. The van der Waals surface area contributed by atoms with Gasteiger partial charge in [0.2, 0.25) is 11.7 Å². The smallest absolute Gasteiger partial charge is 0.291 e. The van der Waals surface area contributed by atoms with Crippen molar-refractivity contribution in [3.63, 3.8) is 0 Å². The van der Waals surface area contributed by atoms with E-state index in [0.717, 1.165) is 30.3 Å². The Balaban J connectivity index is 0.828. The van der Waals surface area contributed by atoms with E-state index in [2.05, 4.69) is 64.2 Å². The summed E-state index contributed by atoms with van der Waals surface area (Å²) in [5.41, 5.74) is 4.24. The van der Waals surface area contributed by atoms with Crippen LogP contribution in [0.4, 0.5) is 22.9 Å². The highest BCUT2D eigenvalue weighted by Gasteiger charge is 2.30. The third-order valence-electron chi connectivity index (χ3n) is 11.7. The van der Waals surface area contributed by atoms with E-state index in [1.54, 1.807) is 96.2 Å². The van der Waals surface area contributed by atoms with E-state index in [1.165, 1.54) is 28.5 Å². The second-order valence-electron chi connectivity index (χ2n) is 16.9. The van der Waals surface area contributed by atoms with Gasteiger partial charge in [0.1, 0.15) is 11.4 Å². The van der Waals surface area contributed by atoms with Gasteiger partial charge in [-0.05, 0) is 61.7 Å². The summed E-state index contributed by atoms with van der Waals surface area (Å²) in [6, 6.07) is 13.3. The van der Waals surface area contributed by atoms with Gasteiger partial charge in [0.15, 0.2) is 17.3 Å². The van der Waals surface area contributed by atoms with Crippen LogP contribution in [0, 0.1) is 5.92 Å². The van der Waals surface area contributed by atoms with Crippen molar-refractivity contribution in [2.75, 3.05) is 55.8 Å².